The summed E-state index contributed by atoms with van der Waals surface area (Å²) in [5, 5.41) is 9.21. The molecule has 1 aliphatic rings. The molecule has 0 amide bonds. The summed E-state index contributed by atoms with van der Waals surface area (Å²) in [6.07, 6.45) is -2.58. The number of hydrogen-bond donors (Lipinski definition) is 0. The number of nitrogens with zero attached hydrogens (tertiary/aromatic N) is 4. The molecule has 2 aromatic carbocycles. The number of hydrogen-bond acceptors (Lipinski definition) is 8. The molecule has 4 rings (SSSR count). The van der Waals surface area contributed by atoms with Crippen LogP contribution in [0.5, 0.6) is 5.75 Å². The Balaban J connectivity index is 1.82. The first kappa shape index (κ1) is 23.9. The molecule has 0 N–H and O–H groups in total. The van der Waals surface area contributed by atoms with E-state index in [1.54, 1.807) is 0 Å². The first-order valence-corrected chi connectivity index (χ1v) is 12.2. The van der Waals surface area contributed by atoms with Crippen molar-refractivity contribution >= 4 is 26.7 Å². The maximum absolute atomic E-state index is 13.5. The van der Waals surface area contributed by atoms with Crippen LogP contribution in [0.1, 0.15) is 35.4 Å². The molecule has 0 radical (unpaired) electrons. The number of halogens is 3. The van der Waals surface area contributed by atoms with Crippen LogP contribution in [0.3, 0.4) is 0 Å². The van der Waals surface area contributed by atoms with Gasteiger partial charge in [0.2, 0.25) is 0 Å². The summed E-state index contributed by atoms with van der Waals surface area (Å²) in [4.78, 5) is 9.33. The Morgan fingerprint density at radius 3 is 2.56 bits per heavy atom. The fraction of sp³-hybridized carbons (Fsp3) is 0.286. The van der Waals surface area contributed by atoms with E-state index in [1.807, 2.05) is 6.07 Å². The summed E-state index contributed by atoms with van der Waals surface area (Å²) >= 11 is 0.712. The van der Waals surface area contributed by atoms with Crippen LogP contribution >= 0.6 is 11.5 Å². The van der Waals surface area contributed by atoms with Gasteiger partial charge in [0.25, 0.3) is 15.2 Å². The number of rotatable bonds is 6. The smallest absolute Gasteiger partial charge is 0.381 e. The molecule has 3 aromatic rings. The highest BCUT2D eigenvalue weighted by atomic mass is 32.2. The van der Waals surface area contributed by atoms with Gasteiger partial charge in [-0.1, -0.05) is 16.6 Å². The van der Waals surface area contributed by atoms with Crippen LogP contribution in [-0.4, -0.2) is 31.0 Å². The van der Waals surface area contributed by atoms with Crippen molar-refractivity contribution in [3.63, 3.8) is 0 Å². The van der Waals surface area contributed by atoms with Crippen LogP contribution in [0.15, 0.2) is 53.7 Å². The normalized spacial score (nSPS) is 15.0. The Labute approximate surface area is 197 Å². The lowest BCUT2D eigenvalue weighted by Gasteiger charge is -2.27. The highest BCUT2D eigenvalue weighted by Gasteiger charge is 2.36. The lowest BCUT2D eigenvalue weighted by molar-refractivity contribution is -0.137. The highest BCUT2D eigenvalue weighted by molar-refractivity contribution is 7.92. The molecule has 178 valence electrons. The Kier molecular flexibility index (Phi) is 6.74. The monoisotopic (exact) mass is 510 g/mol. The van der Waals surface area contributed by atoms with Crippen LogP contribution in [0.2, 0.25) is 0 Å². The number of anilines is 1. The summed E-state index contributed by atoms with van der Waals surface area (Å²) < 4.78 is 76.9. The Morgan fingerprint density at radius 2 is 1.91 bits per heavy atom. The number of nitriles is 1. The lowest BCUT2D eigenvalue weighted by atomic mass is 9.90. The molecule has 13 heteroatoms. The topological polar surface area (TPSA) is 105 Å². The molecular weight excluding hydrogens is 493 g/mol. The van der Waals surface area contributed by atoms with Crippen molar-refractivity contribution in [3.05, 3.63) is 65.5 Å². The van der Waals surface area contributed by atoms with Gasteiger partial charge in [-0.15, -0.1) is 0 Å². The van der Waals surface area contributed by atoms with Crippen molar-refractivity contribution in [3.8, 4) is 11.8 Å². The molecule has 8 nitrogen and oxygen atoms in total. The molecule has 0 spiro atoms. The molecule has 0 saturated carbocycles. The molecule has 1 saturated heterocycles. The van der Waals surface area contributed by atoms with Crippen LogP contribution in [0.4, 0.5) is 18.3 Å². The van der Waals surface area contributed by atoms with Gasteiger partial charge in [-0.25, -0.2) is 4.98 Å². The van der Waals surface area contributed by atoms with E-state index in [1.165, 1.54) is 24.3 Å². The number of alkyl halides is 3. The molecule has 1 aromatic heterocycles. The average Bonchev–Trinajstić information content (AvgIpc) is 3.36. The van der Waals surface area contributed by atoms with Crippen LogP contribution in [-0.2, 0) is 20.9 Å². The third-order valence-corrected chi connectivity index (χ3v) is 7.53. The molecular formula is C21H17F3N4O4S2. The molecule has 0 atom stereocenters. The summed E-state index contributed by atoms with van der Waals surface area (Å²) in [6, 6.07) is 10.2. The first-order chi connectivity index (χ1) is 16.2. The predicted octanol–water partition coefficient (Wildman–Crippen LogP) is 4.51. The van der Waals surface area contributed by atoms with Gasteiger partial charge in [-0.3, -0.25) is 0 Å². The first-order valence-electron chi connectivity index (χ1n) is 10.00. The van der Waals surface area contributed by atoms with Crippen molar-refractivity contribution in [2.75, 3.05) is 17.7 Å². The second kappa shape index (κ2) is 9.57. The van der Waals surface area contributed by atoms with Gasteiger partial charge in [-0.05, 0) is 49.1 Å². The maximum atomic E-state index is 13.5. The van der Waals surface area contributed by atoms with E-state index in [-0.39, 0.29) is 32.8 Å². The van der Waals surface area contributed by atoms with Crippen molar-refractivity contribution in [1.29, 1.82) is 5.26 Å². The largest absolute Gasteiger partial charge is 0.416 e. The fourth-order valence-electron chi connectivity index (χ4n) is 3.54. The van der Waals surface area contributed by atoms with Crippen molar-refractivity contribution in [2.24, 2.45) is 0 Å². The van der Waals surface area contributed by atoms with Gasteiger partial charge in [0.1, 0.15) is 17.3 Å². The third kappa shape index (κ3) is 4.84. The van der Waals surface area contributed by atoms with Gasteiger partial charge < -0.3 is 9.57 Å². The minimum Gasteiger partial charge on any atom is -0.381 e. The average molecular weight is 511 g/mol. The molecule has 34 heavy (non-hydrogen) atoms. The quantitative estimate of drug-likeness (QED) is 0.449. The molecule has 0 unspecified atom stereocenters. The van der Waals surface area contributed by atoms with E-state index in [0.717, 1.165) is 24.5 Å². The van der Waals surface area contributed by atoms with Crippen LogP contribution in [0, 0.1) is 11.3 Å². The standard InChI is InChI=1S/C21H17F3N4O4S2/c22-21(23,24)16-5-6-18(17(11-16)14-7-9-31-10-8-14)32-28(20-26-13-27-33-20)34(29,30)19-4-2-1-3-15(19)12-25/h1-6,11,13-14H,7-10H2. The molecule has 1 fully saturated rings. The lowest BCUT2D eigenvalue weighted by Crippen LogP contribution is -2.35. The van der Waals surface area contributed by atoms with Crippen LogP contribution in [0.25, 0.3) is 0 Å². The molecule has 2 heterocycles. The maximum Gasteiger partial charge on any atom is 0.416 e. The van der Waals surface area contributed by atoms with Gasteiger partial charge in [0.15, 0.2) is 5.75 Å². The van der Waals surface area contributed by atoms with Gasteiger partial charge in [0, 0.05) is 30.3 Å². The molecule has 0 bridgehead atoms. The minimum absolute atomic E-state index is 0.0758. The highest BCUT2D eigenvalue weighted by Crippen LogP contribution is 2.40. The van der Waals surface area contributed by atoms with E-state index in [2.05, 4.69) is 9.36 Å². The SMILES string of the molecule is N#Cc1ccccc1S(=O)(=O)N(Oc1ccc(C(F)(F)F)cc1C1CCOCC1)c1ncns1. The Hall–Kier alpha value is -3.21. The van der Waals surface area contributed by atoms with Crippen molar-refractivity contribution in [1.82, 2.24) is 9.36 Å². The zero-order valence-corrected chi connectivity index (χ0v) is 19.0. The van der Waals surface area contributed by atoms with Crippen LogP contribution < -0.4 is 9.31 Å². The second-order valence-corrected chi connectivity index (χ2v) is 9.77. The van der Waals surface area contributed by atoms with E-state index in [0.29, 0.717) is 42.1 Å². The summed E-state index contributed by atoms with van der Waals surface area (Å²) in [5.41, 5.74) is -0.796. The summed E-state index contributed by atoms with van der Waals surface area (Å²) in [5.74, 6) is -0.412. The Morgan fingerprint density at radius 1 is 1.18 bits per heavy atom. The zero-order chi connectivity index (χ0) is 24.3. The zero-order valence-electron chi connectivity index (χ0n) is 17.4. The third-order valence-electron chi connectivity index (χ3n) is 5.19. The number of aromatic nitrogens is 2. The van der Waals surface area contributed by atoms with Crippen molar-refractivity contribution in [2.45, 2.75) is 29.8 Å². The van der Waals surface area contributed by atoms with E-state index in [4.69, 9.17) is 9.57 Å². The predicted molar refractivity (Wildman–Crippen MR) is 116 cm³/mol. The minimum atomic E-state index is -4.59. The second-order valence-electron chi connectivity index (χ2n) is 7.29. The molecule has 1 aliphatic heterocycles. The number of sulfonamides is 1. The molecule has 0 aliphatic carbocycles. The van der Waals surface area contributed by atoms with Gasteiger partial charge in [0.05, 0.1) is 11.1 Å². The van der Waals surface area contributed by atoms with Gasteiger partial charge in [-0.2, -0.15) is 31.2 Å². The number of benzene rings is 2. The van der Waals surface area contributed by atoms with E-state index < -0.39 is 21.8 Å². The Bertz CT molecular complexity index is 1300. The van der Waals surface area contributed by atoms with Gasteiger partial charge >= 0.3 is 6.18 Å². The fourth-order valence-corrected chi connectivity index (χ4v) is 5.57. The van der Waals surface area contributed by atoms with Crippen molar-refractivity contribution < 1.29 is 31.2 Å². The van der Waals surface area contributed by atoms with E-state index in [9.17, 15) is 26.9 Å². The summed E-state index contributed by atoms with van der Waals surface area (Å²) in [7, 11) is -4.50. The number of ether oxygens (including phenoxy) is 1. The summed E-state index contributed by atoms with van der Waals surface area (Å²) in [6.45, 7) is 0.711. The van der Waals surface area contributed by atoms with E-state index >= 15 is 0 Å².